The Balaban J connectivity index is 0.00000200. The van der Waals surface area contributed by atoms with Crippen LogP contribution in [0.15, 0.2) is 23.1 Å². The summed E-state index contributed by atoms with van der Waals surface area (Å²) in [5, 5.41) is 12.0. The van der Waals surface area contributed by atoms with E-state index in [0.717, 1.165) is 0 Å². The van der Waals surface area contributed by atoms with Crippen LogP contribution in [0.4, 0.5) is 0 Å². The van der Waals surface area contributed by atoms with Gasteiger partial charge in [-0.25, -0.2) is 8.42 Å². The van der Waals surface area contributed by atoms with Gasteiger partial charge in [0.05, 0.1) is 16.5 Å². The predicted molar refractivity (Wildman–Crippen MR) is 79.4 cm³/mol. The molecule has 1 atom stereocenters. The van der Waals surface area contributed by atoms with Crippen molar-refractivity contribution in [3.8, 4) is 6.07 Å². The number of halogens is 1. The van der Waals surface area contributed by atoms with Crippen molar-refractivity contribution in [3.63, 3.8) is 0 Å². The lowest BCUT2D eigenvalue weighted by Crippen LogP contribution is -2.52. The fourth-order valence-electron chi connectivity index (χ4n) is 2.31. The smallest absolute Gasteiger partial charge is 0.243 e. The van der Waals surface area contributed by atoms with Crippen LogP contribution in [0.2, 0.25) is 0 Å². The van der Waals surface area contributed by atoms with Gasteiger partial charge in [0.1, 0.15) is 0 Å². The van der Waals surface area contributed by atoms with E-state index >= 15 is 0 Å². The molecule has 1 fully saturated rings. The van der Waals surface area contributed by atoms with Crippen molar-refractivity contribution in [3.05, 3.63) is 29.3 Å². The van der Waals surface area contributed by atoms with Crippen LogP contribution in [0.5, 0.6) is 0 Å². The summed E-state index contributed by atoms with van der Waals surface area (Å²) in [4.78, 5) is 0.292. The molecule has 1 saturated heterocycles. The topological polar surface area (TPSA) is 73.2 Å². The molecule has 2 rings (SSSR count). The van der Waals surface area contributed by atoms with Crippen LogP contribution in [0.1, 0.15) is 18.1 Å². The minimum Gasteiger partial charge on any atom is -0.314 e. The Bertz CT molecular complexity index is 625. The second kappa shape index (κ2) is 6.55. The summed E-state index contributed by atoms with van der Waals surface area (Å²) in [6, 6.07) is 6.64. The van der Waals surface area contributed by atoms with E-state index in [-0.39, 0.29) is 18.4 Å². The highest BCUT2D eigenvalue weighted by Crippen LogP contribution is 2.23. The summed E-state index contributed by atoms with van der Waals surface area (Å²) in [5.41, 5.74) is 1.09. The standard InChI is InChI=1S/C13H17N3O2S.ClH/c1-10-7-12(8-14)3-4-13(10)19(17,18)16-6-5-15-9-11(16)2;/h3-4,7,11,15H,5-6,9H2,1-2H3;1H/t11-;/m1./s1. The third kappa shape index (κ3) is 3.13. The van der Waals surface area contributed by atoms with Crippen molar-refractivity contribution in [2.45, 2.75) is 24.8 Å². The van der Waals surface area contributed by atoms with Crippen LogP contribution in [0, 0.1) is 18.3 Å². The monoisotopic (exact) mass is 315 g/mol. The zero-order valence-electron chi connectivity index (χ0n) is 11.5. The van der Waals surface area contributed by atoms with Gasteiger partial charge in [-0.3, -0.25) is 0 Å². The molecule has 1 aliphatic rings. The highest BCUT2D eigenvalue weighted by molar-refractivity contribution is 7.89. The van der Waals surface area contributed by atoms with Gasteiger partial charge in [0.15, 0.2) is 0 Å². The van der Waals surface area contributed by atoms with E-state index in [4.69, 9.17) is 5.26 Å². The van der Waals surface area contributed by atoms with Crippen molar-refractivity contribution >= 4 is 22.4 Å². The SMILES string of the molecule is Cc1cc(C#N)ccc1S(=O)(=O)N1CCNC[C@H]1C.Cl. The molecule has 1 aromatic carbocycles. The van der Waals surface area contributed by atoms with Crippen molar-refractivity contribution < 1.29 is 8.42 Å². The number of hydrogen-bond donors (Lipinski definition) is 1. The molecule has 0 aliphatic carbocycles. The second-order valence-electron chi connectivity index (χ2n) is 4.76. The van der Waals surface area contributed by atoms with E-state index in [2.05, 4.69) is 5.32 Å². The number of nitrogens with one attached hydrogen (secondary N) is 1. The molecule has 1 aromatic rings. The average Bonchev–Trinajstić information content (AvgIpc) is 2.38. The molecule has 0 aromatic heterocycles. The first-order chi connectivity index (χ1) is 8.96. The summed E-state index contributed by atoms with van der Waals surface area (Å²) in [6.07, 6.45) is 0. The van der Waals surface area contributed by atoms with Crippen LogP contribution in [-0.2, 0) is 10.0 Å². The molecule has 0 amide bonds. The Hall–Kier alpha value is -1.13. The number of benzene rings is 1. The van der Waals surface area contributed by atoms with Gasteiger partial charge in [-0.2, -0.15) is 9.57 Å². The molecule has 7 heteroatoms. The first-order valence-corrected chi connectivity index (χ1v) is 7.64. The van der Waals surface area contributed by atoms with E-state index in [9.17, 15) is 8.42 Å². The molecule has 0 saturated carbocycles. The number of nitrogens with zero attached hydrogens (tertiary/aromatic N) is 2. The van der Waals surface area contributed by atoms with Crippen LogP contribution in [0.25, 0.3) is 0 Å². The Morgan fingerprint density at radius 1 is 1.45 bits per heavy atom. The van der Waals surface area contributed by atoms with Crippen molar-refractivity contribution in [2.75, 3.05) is 19.6 Å². The van der Waals surface area contributed by atoms with E-state index in [1.807, 2.05) is 13.0 Å². The molecule has 0 unspecified atom stereocenters. The second-order valence-corrected chi connectivity index (χ2v) is 6.62. The van der Waals surface area contributed by atoms with Crippen molar-refractivity contribution in [2.24, 2.45) is 0 Å². The molecule has 0 spiro atoms. The quantitative estimate of drug-likeness (QED) is 0.892. The van der Waals surface area contributed by atoms with Gasteiger partial charge in [0.2, 0.25) is 10.0 Å². The highest BCUT2D eigenvalue weighted by atomic mass is 35.5. The predicted octanol–water partition coefficient (Wildman–Crippen LogP) is 1.27. The minimum atomic E-state index is -3.48. The maximum absolute atomic E-state index is 12.6. The van der Waals surface area contributed by atoms with E-state index < -0.39 is 10.0 Å². The number of sulfonamides is 1. The lowest BCUT2D eigenvalue weighted by molar-refractivity contribution is 0.283. The highest BCUT2D eigenvalue weighted by Gasteiger charge is 2.31. The number of nitriles is 1. The van der Waals surface area contributed by atoms with Crippen LogP contribution < -0.4 is 5.32 Å². The van der Waals surface area contributed by atoms with Gasteiger partial charge >= 0.3 is 0 Å². The summed E-state index contributed by atoms with van der Waals surface area (Å²) >= 11 is 0. The van der Waals surface area contributed by atoms with Gasteiger partial charge in [0, 0.05) is 25.7 Å². The average molecular weight is 316 g/mol. The molecule has 5 nitrogen and oxygen atoms in total. The van der Waals surface area contributed by atoms with Gasteiger partial charge in [-0.1, -0.05) is 0 Å². The summed E-state index contributed by atoms with van der Waals surface area (Å²) in [5.74, 6) is 0. The number of piperazine rings is 1. The van der Waals surface area contributed by atoms with Crippen LogP contribution in [-0.4, -0.2) is 38.4 Å². The zero-order valence-corrected chi connectivity index (χ0v) is 13.1. The molecule has 0 bridgehead atoms. The zero-order chi connectivity index (χ0) is 14.0. The molecule has 1 aliphatic heterocycles. The van der Waals surface area contributed by atoms with Crippen LogP contribution >= 0.6 is 12.4 Å². The van der Waals surface area contributed by atoms with Gasteiger partial charge in [0.25, 0.3) is 0 Å². The first kappa shape index (κ1) is 16.9. The Labute approximate surface area is 126 Å². The summed E-state index contributed by atoms with van der Waals surface area (Å²) in [6.45, 7) is 5.42. The fourth-order valence-corrected chi connectivity index (χ4v) is 4.15. The molecule has 1 N–H and O–H groups in total. The molecular weight excluding hydrogens is 298 g/mol. The summed E-state index contributed by atoms with van der Waals surface area (Å²) < 4.78 is 26.8. The number of rotatable bonds is 2. The lowest BCUT2D eigenvalue weighted by Gasteiger charge is -2.33. The number of hydrogen-bond acceptors (Lipinski definition) is 4. The van der Waals surface area contributed by atoms with Crippen molar-refractivity contribution in [1.29, 1.82) is 5.26 Å². The maximum atomic E-state index is 12.6. The Morgan fingerprint density at radius 2 is 2.15 bits per heavy atom. The molecule has 1 heterocycles. The molecule has 110 valence electrons. The molecule has 20 heavy (non-hydrogen) atoms. The van der Waals surface area contributed by atoms with E-state index in [1.54, 1.807) is 19.1 Å². The van der Waals surface area contributed by atoms with E-state index in [1.165, 1.54) is 10.4 Å². The summed E-state index contributed by atoms with van der Waals surface area (Å²) in [7, 11) is -3.48. The number of aryl methyl sites for hydroxylation is 1. The lowest BCUT2D eigenvalue weighted by atomic mass is 10.2. The van der Waals surface area contributed by atoms with Crippen molar-refractivity contribution in [1.82, 2.24) is 9.62 Å². The third-order valence-electron chi connectivity index (χ3n) is 3.33. The third-order valence-corrected chi connectivity index (χ3v) is 5.50. The minimum absolute atomic E-state index is 0. The molecule has 0 radical (unpaired) electrons. The van der Waals surface area contributed by atoms with Gasteiger partial charge < -0.3 is 5.32 Å². The fraction of sp³-hybridized carbons (Fsp3) is 0.462. The first-order valence-electron chi connectivity index (χ1n) is 6.20. The Kier molecular flexibility index (Phi) is 5.54. The van der Waals surface area contributed by atoms with Crippen LogP contribution in [0.3, 0.4) is 0 Å². The normalized spacial score (nSPS) is 19.9. The van der Waals surface area contributed by atoms with E-state index in [0.29, 0.717) is 35.7 Å². The largest absolute Gasteiger partial charge is 0.314 e. The molecular formula is C13H18ClN3O2S. The van der Waals surface area contributed by atoms with Gasteiger partial charge in [-0.05, 0) is 37.6 Å². The maximum Gasteiger partial charge on any atom is 0.243 e. The Morgan fingerprint density at radius 3 is 2.70 bits per heavy atom. The van der Waals surface area contributed by atoms with Gasteiger partial charge in [-0.15, -0.1) is 12.4 Å².